The Bertz CT molecular complexity index is 517. The molecule has 0 saturated carbocycles. The van der Waals surface area contributed by atoms with E-state index in [0.29, 0.717) is 18.2 Å². The predicted octanol–water partition coefficient (Wildman–Crippen LogP) is 2.93. The first-order valence-electron chi connectivity index (χ1n) is 6.43. The highest BCUT2D eigenvalue weighted by Crippen LogP contribution is 2.21. The van der Waals surface area contributed by atoms with Crippen molar-refractivity contribution in [1.29, 1.82) is 0 Å². The van der Waals surface area contributed by atoms with E-state index in [0.717, 1.165) is 17.1 Å². The molecule has 0 aliphatic rings. The second-order valence-corrected chi connectivity index (χ2v) is 4.95. The van der Waals surface area contributed by atoms with Crippen LogP contribution in [0.1, 0.15) is 37.1 Å². The molecule has 0 aliphatic heterocycles. The van der Waals surface area contributed by atoms with Crippen LogP contribution in [-0.2, 0) is 6.42 Å². The highest BCUT2D eigenvalue weighted by Gasteiger charge is 2.15. The SMILES string of the molecule is COc1ccc(Cc2ncc(C(N)C(C)C)o2)cc1. The number of ether oxygens (including phenoxy) is 1. The fraction of sp³-hybridized carbons (Fsp3) is 0.400. The van der Waals surface area contributed by atoms with Gasteiger partial charge < -0.3 is 14.9 Å². The lowest BCUT2D eigenvalue weighted by Crippen LogP contribution is -2.15. The summed E-state index contributed by atoms with van der Waals surface area (Å²) in [7, 11) is 1.66. The molecule has 1 aromatic heterocycles. The van der Waals surface area contributed by atoms with Crippen LogP contribution in [0.5, 0.6) is 5.75 Å². The van der Waals surface area contributed by atoms with Crippen LogP contribution in [0.15, 0.2) is 34.9 Å². The highest BCUT2D eigenvalue weighted by molar-refractivity contribution is 5.28. The standard InChI is InChI=1S/C15H20N2O2/c1-10(2)15(16)13-9-17-14(19-13)8-11-4-6-12(18-3)7-5-11/h4-7,9-10,15H,8,16H2,1-3H3. The molecule has 102 valence electrons. The minimum atomic E-state index is -0.0999. The van der Waals surface area contributed by atoms with Crippen molar-refractivity contribution in [3.63, 3.8) is 0 Å². The topological polar surface area (TPSA) is 61.3 Å². The molecule has 0 amide bonds. The van der Waals surface area contributed by atoms with Gasteiger partial charge in [-0.2, -0.15) is 0 Å². The van der Waals surface area contributed by atoms with E-state index < -0.39 is 0 Å². The van der Waals surface area contributed by atoms with Crippen LogP contribution in [0.3, 0.4) is 0 Å². The van der Waals surface area contributed by atoms with Gasteiger partial charge in [0.25, 0.3) is 0 Å². The monoisotopic (exact) mass is 260 g/mol. The molecule has 1 unspecified atom stereocenters. The number of hydrogen-bond donors (Lipinski definition) is 1. The van der Waals surface area contributed by atoms with Crippen LogP contribution in [0, 0.1) is 5.92 Å². The summed E-state index contributed by atoms with van der Waals surface area (Å²) in [6, 6.07) is 7.77. The Labute approximate surface area is 113 Å². The van der Waals surface area contributed by atoms with Gasteiger partial charge in [-0.15, -0.1) is 0 Å². The van der Waals surface area contributed by atoms with Gasteiger partial charge in [-0.25, -0.2) is 4.98 Å². The molecule has 0 aliphatic carbocycles. The first-order chi connectivity index (χ1) is 9.10. The number of benzene rings is 1. The van der Waals surface area contributed by atoms with Gasteiger partial charge in [0.05, 0.1) is 19.3 Å². The average Bonchev–Trinajstić information content (AvgIpc) is 2.87. The molecule has 0 spiro atoms. The van der Waals surface area contributed by atoms with Crippen molar-refractivity contribution in [3.8, 4) is 5.75 Å². The first-order valence-corrected chi connectivity index (χ1v) is 6.43. The summed E-state index contributed by atoms with van der Waals surface area (Å²) < 4.78 is 10.8. The van der Waals surface area contributed by atoms with E-state index >= 15 is 0 Å². The molecule has 4 nitrogen and oxygen atoms in total. The van der Waals surface area contributed by atoms with Crippen molar-refractivity contribution >= 4 is 0 Å². The van der Waals surface area contributed by atoms with E-state index in [1.807, 2.05) is 24.3 Å². The number of oxazole rings is 1. The van der Waals surface area contributed by atoms with Gasteiger partial charge in [-0.05, 0) is 23.6 Å². The van der Waals surface area contributed by atoms with E-state index in [-0.39, 0.29) is 6.04 Å². The van der Waals surface area contributed by atoms with Crippen molar-refractivity contribution in [2.24, 2.45) is 11.7 Å². The van der Waals surface area contributed by atoms with Gasteiger partial charge in [0.1, 0.15) is 11.5 Å². The van der Waals surface area contributed by atoms with Gasteiger partial charge in [-0.1, -0.05) is 26.0 Å². The van der Waals surface area contributed by atoms with Gasteiger partial charge in [0, 0.05) is 6.42 Å². The maximum atomic E-state index is 6.03. The Morgan fingerprint density at radius 1 is 1.26 bits per heavy atom. The highest BCUT2D eigenvalue weighted by atomic mass is 16.5. The lowest BCUT2D eigenvalue weighted by atomic mass is 10.0. The molecule has 19 heavy (non-hydrogen) atoms. The first kappa shape index (κ1) is 13.6. The summed E-state index contributed by atoms with van der Waals surface area (Å²) in [6.07, 6.45) is 2.39. The summed E-state index contributed by atoms with van der Waals surface area (Å²) in [6.45, 7) is 4.13. The molecule has 2 N–H and O–H groups in total. The molecule has 4 heteroatoms. The predicted molar refractivity (Wildman–Crippen MR) is 74.1 cm³/mol. The fourth-order valence-electron chi connectivity index (χ4n) is 1.81. The second kappa shape index (κ2) is 5.89. The average molecular weight is 260 g/mol. The van der Waals surface area contributed by atoms with Crippen molar-refractivity contribution in [1.82, 2.24) is 4.98 Å². The van der Waals surface area contributed by atoms with E-state index in [1.54, 1.807) is 13.3 Å². The summed E-state index contributed by atoms with van der Waals surface area (Å²) in [5.41, 5.74) is 7.16. The number of nitrogens with two attached hydrogens (primary N) is 1. The van der Waals surface area contributed by atoms with Crippen LogP contribution >= 0.6 is 0 Å². The van der Waals surface area contributed by atoms with Crippen LogP contribution in [-0.4, -0.2) is 12.1 Å². The lowest BCUT2D eigenvalue weighted by molar-refractivity contribution is 0.384. The quantitative estimate of drug-likeness (QED) is 0.897. The molecular formula is C15H20N2O2. The van der Waals surface area contributed by atoms with E-state index in [4.69, 9.17) is 14.9 Å². The molecule has 1 aromatic carbocycles. The summed E-state index contributed by atoms with van der Waals surface area (Å²) >= 11 is 0. The fourth-order valence-corrected chi connectivity index (χ4v) is 1.81. The zero-order valence-electron chi connectivity index (χ0n) is 11.6. The zero-order valence-corrected chi connectivity index (χ0v) is 11.6. The second-order valence-electron chi connectivity index (χ2n) is 4.95. The van der Waals surface area contributed by atoms with Crippen LogP contribution in [0.4, 0.5) is 0 Å². The van der Waals surface area contributed by atoms with E-state index in [9.17, 15) is 0 Å². The summed E-state index contributed by atoms with van der Waals surface area (Å²) in [5.74, 6) is 2.62. The number of methoxy groups -OCH3 is 1. The third-order valence-electron chi connectivity index (χ3n) is 3.13. The molecular weight excluding hydrogens is 240 g/mol. The van der Waals surface area contributed by atoms with Crippen molar-refractivity contribution < 1.29 is 9.15 Å². The molecule has 0 radical (unpaired) electrons. The van der Waals surface area contributed by atoms with E-state index in [1.165, 1.54) is 0 Å². The zero-order chi connectivity index (χ0) is 13.8. The van der Waals surface area contributed by atoms with E-state index in [2.05, 4.69) is 18.8 Å². The van der Waals surface area contributed by atoms with Gasteiger partial charge in [0.15, 0.2) is 5.89 Å². The van der Waals surface area contributed by atoms with Crippen LogP contribution in [0.25, 0.3) is 0 Å². The maximum Gasteiger partial charge on any atom is 0.198 e. The Hall–Kier alpha value is -1.81. The van der Waals surface area contributed by atoms with Crippen molar-refractivity contribution in [3.05, 3.63) is 47.7 Å². The Morgan fingerprint density at radius 3 is 2.53 bits per heavy atom. The third-order valence-corrected chi connectivity index (χ3v) is 3.13. The largest absolute Gasteiger partial charge is 0.497 e. The normalized spacial score (nSPS) is 12.7. The third kappa shape index (κ3) is 3.35. The van der Waals surface area contributed by atoms with Gasteiger partial charge in [-0.3, -0.25) is 0 Å². The van der Waals surface area contributed by atoms with Crippen molar-refractivity contribution in [2.75, 3.05) is 7.11 Å². The van der Waals surface area contributed by atoms with Crippen LogP contribution < -0.4 is 10.5 Å². The van der Waals surface area contributed by atoms with Gasteiger partial charge in [0.2, 0.25) is 0 Å². The molecule has 0 bridgehead atoms. The number of rotatable bonds is 5. The molecule has 0 fully saturated rings. The Kier molecular flexibility index (Phi) is 4.22. The maximum absolute atomic E-state index is 6.03. The Balaban J connectivity index is 2.06. The summed E-state index contributed by atoms with van der Waals surface area (Å²) in [5, 5.41) is 0. The molecule has 0 saturated heterocycles. The number of hydrogen-bond acceptors (Lipinski definition) is 4. The van der Waals surface area contributed by atoms with Crippen molar-refractivity contribution in [2.45, 2.75) is 26.3 Å². The summed E-state index contributed by atoms with van der Waals surface area (Å²) in [4.78, 5) is 4.28. The number of aromatic nitrogens is 1. The molecule has 2 rings (SSSR count). The molecule has 2 aromatic rings. The molecule has 1 atom stereocenters. The minimum Gasteiger partial charge on any atom is -0.497 e. The molecule has 1 heterocycles. The smallest absolute Gasteiger partial charge is 0.198 e. The van der Waals surface area contributed by atoms with Crippen LogP contribution in [0.2, 0.25) is 0 Å². The lowest BCUT2D eigenvalue weighted by Gasteiger charge is -2.11. The van der Waals surface area contributed by atoms with Gasteiger partial charge >= 0.3 is 0 Å². The number of nitrogens with zero attached hydrogens (tertiary/aromatic N) is 1. The minimum absolute atomic E-state index is 0.0999. The Morgan fingerprint density at radius 2 is 1.95 bits per heavy atom.